The van der Waals surface area contributed by atoms with Gasteiger partial charge in [0.15, 0.2) is 0 Å². The molecule has 0 radical (unpaired) electrons. The third-order valence-corrected chi connectivity index (χ3v) is 7.52. The molecule has 4 fully saturated rings. The van der Waals surface area contributed by atoms with Crippen LogP contribution in [0.2, 0.25) is 10.0 Å². The van der Waals surface area contributed by atoms with E-state index in [-0.39, 0.29) is 35.2 Å². The maximum absolute atomic E-state index is 15.4. The smallest absolute Gasteiger partial charge is 0.350 e. The van der Waals surface area contributed by atoms with Crippen LogP contribution in [0.15, 0.2) is 18.2 Å². The lowest BCUT2D eigenvalue weighted by molar-refractivity contribution is -0.207. The summed E-state index contributed by atoms with van der Waals surface area (Å²) in [7, 11) is 0. The first-order valence-corrected chi connectivity index (χ1v) is 12.1. The fraction of sp³-hybridized carbons (Fsp3) is 0.565. The Morgan fingerprint density at radius 1 is 1.22 bits per heavy atom. The van der Waals surface area contributed by atoms with E-state index in [9.17, 15) is 28.4 Å². The second kappa shape index (κ2) is 9.71. The molecule has 4 aliphatic rings. The highest BCUT2D eigenvalue weighted by molar-refractivity contribution is 6.34. The number of piperidine rings is 2. The van der Waals surface area contributed by atoms with Gasteiger partial charge in [-0.25, -0.2) is 8.78 Å². The zero-order chi connectivity index (χ0) is 26.4. The number of rotatable bonds is 6. The summed E-state index contributed by atoms with van der Waals surface area (Å²) in [6, 6.07) is 0.232. The molecule has 3 saturated heterocycles. The Morgan fingerprint density at radius 2 is 1.89 bits per heavy atom. The molecule has 1 aromatic carbocycles. The van der Waals surface area contributed by atoms with E-state index < -0.39 is 65.6 Å². The monoisotopic (exact) mass is 548 g/mol. The molecule has 2 bridgehead atoms. The summed E-state index contributed by atoms with van der Waals surface area (Å²) in [4.78, 5) is 38.8. The first-order valence-electron chi connectivity index (χ1n) is 11.4. The highest BCUT2D eigenvalue weighted by Gasteiger charge is 2.63. The largest absolute Gasteiger partial charge is 0.356 e. The molecule has 3 aliphatic heterocycles. The van der Waals surface area contributed by atoms with Gasteiger partial charge in [-0.3, -0.25) is 14.4 Å². The highest BCUT2D eigenvalue weighted by atomic mass is 35.5. The topological polar surface area (TPSA) is 102 Å². The number of benzene rings is 1. The van der Waals surface area contributed by atoms with Crippen molar-refractivity contribution in [3.05, 3.63) is 33.8 Å². The number of carbonyl (C=O) groups is 3. The van der Waals surface area contributed by atoms with E-state index in [1.165, 1.54) is 6.07 Å². The molecule has 0 unspecified atom stereocenters. The number of nitrogens with one attached hydrogen (secondary N) is 2. The molecule has 0 spiro atoms. The van der Waals surface area contributed by atoms with Gasteiger partial charge >= 0.3 is 5.92 Å². The second-order valence-corrected chi connectivity index (χ2v) is 10.3. The van der Waals surface area contributed by atoms with Crippen molar-refractivity contribution in [3.63, 3.8) is 0 Å². The number of fused-ring (bicyclic) bond motifs is 3. The van der Waals surface area contributed by atoms with Gasteiger partial charge < -0.3 is 15.5 Å². The van der Waals surface area contributed by atoms with Crippen molar-refractivity contribution < 1.29 is 31.9 Å². The zero-order valence-corrected chi connectivity index (χ0v) is 20.3. The Labute approximate surface area is 214 Å². The van der Waals surface area contributed by atoms with Crippen LogP contribution in [0.25, 0.3) is 0 Å². The number of nitriles is 1. The molecule has 3 amide bonds. The molecule has 36 heavy (non-hydrogen) atoms. The van der Waals surface area contributed by atoms with Gasteiger partial charge in [0.2, 0.25) is 11.8 Å². The van der Waals surface area contributed by atoms with Gasteiger partial charge in [-0.05, 0) is 43.9 Å². The summed E-state index contributed by atoms with van der Waals surface area (Å²) in [5.74, 6) is -13.1. The summed E-state index contributed by atoms with van der Waals surface area (Å²) < 4.78 is 60.4. The van der Waals surface area contributed by atoms with Crippen molar-refractivity contribution in [2.45, 2.75) is 62.1 Å². The lowest BCUT2D eigenvalue weighted by Crippen LogP contribution is -2.70. The van der Waals surface area contributed by atoms with Crippen molar-refractivity contribution in [3.8, 4) is 6.07 Å². The van der Waals surface area contributed by atoms with Crippen LogP contribution in [0, 0.1) is 23.2 Å². The third kappa shape index (κ3) is 4.85. The van der Waals surface area contributed by atoms with Crippen LogP contribution in [-0.2, 0) is 20.3 Å². The number of nitrogens with zero attached hydrogens (tertiary/aromatic N) is 2. The number of amides is 3. The lowest BCUT2D eigenvalue weighted by Gasteiger charge is -2.54. The van der Waals surface area contributed by atoms with Crippen molar-refractivity contribution in [2.75, 3.05) is 6.54 Å². The average Bonchev–Trinajstić information content (AvgIpc) is 3.20. The Kier molecular flexibility index (Phi) is 7.14. The molecule has 5 rings (SSSR count). The predicted octanol–water partition coefficient (Wildman–Crippen LogP) is 3.63. The molecule has 1 saturated carbocycles. The number of carbonyl (C=O) groups excluding carboxylic acids is 3. The predicted molar refractivity (Wildman–Crippen MR) is 120 cm³/mol. The van der Waals surface area contributed by atoms with Gasteiger partial charge in [0.1, 0.15) is 12.1 Å². The van der Waals surface area contributed by atoms with Gasteiger partial charge in [-0.1, -0.05) is 23.2 Å². The van der Waals surface area contributed by atoms with Gasteiger partial charge in [0.25, 0.3) is 11.8 Å². The van der Waals surface area contributed by atoms with Crippen LogP contribution in [0.4, 0.5) is 17.6 Å². The second-order valence-electron chi connectivity index (χ2n) is 9.40. The van der Waals surface area contributed by atoms with Crippen molar-refractivity contribution >= 4 is 40.9 Å². The molecule has 3 heterocycles. The van der Waals surface area contributed by atoms with E-state index in [1.54, 1.807) is 0 Å². The SMILES string of the molecule is N#C[C@H](C[C@@H]1CCNC1=O)NC(=O)[C@@H]1[C@@H]2CC[C@@H](CC2(F)F)N1C(=O)C(F)(F)c1cc(Cl)cc(Cl)c1. The quantitative estimate of drug-likeness (QED) is 0.530. The van der Waals surface area contributed by atoms with Crippen molar-refractivity contribution in [1.82, 2.24) is 15.5 Å². The minimum absolute atomic E-state index is 0.0199. The zero-order valence-electron chi connectivity index (χ0n) is 18.7. The van der Waals surface area contributed by atoms with Gasteiger partial charge in [-0.15, -0.1) is 0 Å². The van der Waals surface area contributed by atoms with Gasteiger partial charge in [-0.2, -0.15) is 14.0 Å². The van der Waals surface area contributed by atoms with Crippen LogP contribution in [0.5, 0.6) is 0 Å². The van der Waals surface area contributed by atoms with Crippen LogP contribution in [-0.4, -0.2) is 53.2 Å². The van der Waals surface area contributed by atoms with E-state index in [2.05, 4.69) is 10.6 Å². The molecule has 1 aromatic rings. The van der Waals surface area contributed by atoms with E-state index in [0.717, 1.165) is 12.1 Å². The van der Waals surface area contributed by atoms with Gasteiger partial charge in [0, 0.05) is 40.5 Å². The highest BCUT2D eigenvalue weighted by Crippen LogP contribution is 2.50. The summed E-state index contributed by atoms with van der Waals surface area (Å²) in [5, 5.41) is 14.1. The standard InChI is InChI=1S/C23H22Cl2F4N4O3/c24-13-6-12(7-14(25)8-13)23(28,29)21(36)33-16-1-2-17(22(26,27)9-16)18(33)20(35)32-15(10-30)5-11-3-4-31-19(11)34/h6-8,11,15-18H,1-5,9H2,(H,31,34)(H,32,35)/t11-,15-,16-,17-,18-/m0/s1. The molecule has 13 heteroatoms. The average molecular weight is 549 g/mol. The molecule has 2 N–H and O–H groups in total. The number of alkyl halides is 4. The summed E-state index contributed by atoms with van der Waals surface area (Å²) in [6.45, 7) is 0.402. The van der Waals surface area contributed by atoms with Crippen LogP contribution >= 0.6 is 23.2 Å². The van der Waals surface area contributed by atoms with Gasteiger partial charge in [0.05, 0.1) is 12.0 Å². The third-order valence-electron chi connectivity index (χ3n) is 7.09. The van der Waals surface area contributed by atoms with Crippen LogP contribution in [0.3, 0.4) is 0 Å². The minimum Gasteiger partial charge on any atom is -0.356 e. The first kappa shape index (κ1) is 26.5. The summed E-state index contributed by atoms with van der Waals surface area (Å²) in [5.41, 5.74) is -0.834. The fourth-order valence-electron chi connectivity index (χ4n) is 5.38. The first-order chi connectivity index (χ1) is 16.8. The van der Waals surface area contributed by atoms with E-state index >= 15 is 8.78 Å². The Balaban J connectivity index is 1.63. The fourth-order valence-corrected chi connectivity index (χ4v) is 5.90. The molecule has 5 atom stereocenters. The summed E-state index contributed by atoms with van der Waals surface area (Å²) in [6.07, 6.45) is -0.638. The molecule has 194 valence electrons. The maximum atomic E-state index is 15.4. The Morgan fingerprint density at radius 3 is 2.44 bits per heavy atom. The van der Waals surface area contributed by atoms with Crippen molar-refractivity contribution in [1.29, 1.82) is 5.26 Å². The van der Waals surface area contributed by atoms with E-state index in [1.807, 2.05) is 6.07 Å². The van der Waals surface area contributed by atoms with E-state index in [0.29, 0.717) is 17.9 Å². The Hall–Kier alpha value is -2.58. The normalized spacial score (nSPS) is 27.8. The number of hydrogen-bond acceptors (Lipinski definition) is 4. The molecule has 1 aliphatic carbocycles. The number of halogens is 6. The number of hydrogen-bond donors (Lipinski definition) is 2. The molecule has 7 nitrogen and oxygen atoms in total. The maximum Gasteiger partial charge on any atom is 0.350 e. The molecular weight excluding hydrogens is 527 g/mol. The van der Waals surface area contributed by atoms with Crippen LogP contribution in [0.1, 0.15) is 37.7 Å². The van der Waals surface area contributed by atoms with E-state index in [4.69, 9.17) is 23.2 Å². The lowest BCUT2D eigenvalue weighted by atomic mass is 9.71. The van der Waals surface area contributed by atoms with Crippen LogP contribution < -0.4 is 10.6 Å². The molecular formula is C23H22Cl2F4N4O3. The molecule has 0 aromatic heterocycles. The summed E-state index contributed by atoms with van der Waals surface area (Å²) >= 11 is 11.6. The minimum atomic E-state index is -4.21. The Bertz CT molecular complexity index is 1110. The van der Waals surface area contributed by atoms with Crippen molar-refractivity contribution in [2.24, 2.45) is 11.8 Å².